The molecule has 0 aliphatic rings. The summed E-state index contributed by atoms with van der Waals surface area (Å²) in [6, 6.07) is 78.8. The molecule has 12 rings (SSSR count). The average Bonchev–Trinajstić information content (AvgIpc) is 3.73. The minimum absolute atomic E-state index is 0.701. The van der Waals surface area contributed by atoms with Gasteiger partial charge in [0.2, 0.25) is 0 Å². The number of hydrogen-bond acceptors (Lipinski definition) is 3. The molecule has 2 heterocycles. The highest BCUT2D eigenvalue weighted by Gasteiger charge is 2.16. The number of hydrogen-bond donors (Lipinski definition) is 0. The molecule has 0 bridgehead atoms. The van der Waals surface area contributed by atoms with E-state index in [-0.39, 0.29) is 0 Å². The zero-order valence-corrected chi connectivity index (χ0v) is 33.9. The van der Waals surface area contributed by atoms with Gasteiger partial charge in [0.1, 0.15) is 0 Å². The zero-order valence-electron chi connectivity index (χ0n) is 33.1. The topological polar surface area (TPSA) is 25.8 Å². The van der Waals surface area contributed by atoms with E-state index in [2.05, 4.69) is 200 Å². The van der Waals surface area contributed by atoms with Crippen molar-refractivity contribution in [1.29, 1.82) is 0 Å². The molecule has 0 saturated carbocycles. The molecule has 0 atom stereocenters. The van der Waals surface area contributed by atoms with Crippen molar-refractivity contribution >= 4 is 63.8 Å². The second-order valence-electron chi connectivity index (χ2n) is 15.7. The number of benzene rings is 10. The van der Waals surface area contributed by atoms with E-state index in [4.69, 9.17) is 9.97 Å². The highest BCUT2D eigenvalue weighted by atomic mass is 32.1. The summed E-state index contributed by atoms with van der Waals surface area (Å²) in [5.74, 6) is 0.701. The monoisotopic (exact) mass is 792 g/mol. The van der Waals surface area contributed by atoms with Crippen molar-refractivity contribution in [2.45, 2.75) is 0 Å². The van der Waals surface area contributed by atoms with Gasteiger partial charge in [-0.15, -0.1) is 11.3 Å². The Morgan fingerprint density at radius 1 is 0.295 bits per heavy atom. The Hall–Kier alpha value is -7.72. The van der Waals surface area contributed by atoms with Crippen LogP contribution in [0, 0.1) is 0 Å². The fourth-order valence-electron chi connectivity index (χ4n) is 9.16. The summed E-state index contributed by atoms with van der Waals surface area (Å²) < 4.78 is 2.60. The maximum atomic E-state index is 5.23. The number of fused-ring (bicyclic) bond motifs is 7. The first kappa shape index (κ1) is 35.2. The van der Waals surface area contributed by atoms with Crippen LogP contribution >= 0.6 is 11.3 Å². The van der Waals surface area contributed by atoms with Crippen molar-refractivity contribution < 1.29 is 0 Å². The van der Waals surface area contributed by atoms with Crippen molar-refractivity contribution in [2.24, 2.45) is 0 Å². The van der Waals surface area contributed by atoms with Crippen LogP contribution in [0.4, 0.5) is 0 Å². The van der Waals surface area contributed by atoms with Gasteiger partial charge >= 0.3 is 0 Å². The molecule has 0 radical (unpaired) electrons. The Kier molecular flexibility index (Phi) is 8.39. The zero-order chi connectivity index (χ0) is 40.3. The number of aromatic nitrogens is 2. The van der Waals surface area contributed by atoms with Gasteiger partial charge in [-0.2, -0.15) is 0 Å². The van der Waals surface area contributed by atoms with E-state index in [1.807, 2.05) is 29.5 Å². The summed E-state index contributed by atoms with van der Waals surface area (Å²) in [5, 5.41) is 10.1. The first-order chi connectivity index (χ1) is 30.2. The SMILES string of the molecule is c1ccc(-c2nc(-c3cccc(-c4cccc(-c5c6ccccc6cc6c5ccc5ccccc56)c4)c3)cc(-c3cccc(-c4cccc5sc6ccccc6c45)c3)n2)cc1. The molecule has 0 fully saturated rings. The lowest BCUT2D eigenvalue weighted by Crippen LogP contribution is -1.96. The smallest absolute Gasteiger partial charge is 0.160 e. The van der Waals surface area contributed by atoms with Gasteiger partial charge in [-0.3, -0.25) is 0 Å². The van der Waals surface area contributed by atoms with E-state index in [1.54, 1.807) is 0 Å². The third kappa shape index (κ3) is 6.18. The molecule has 0 unspecified atom stereocenters. The highest BCUT2D eigenvalue weighted by Crippen LogP contribution is 2.43. The fraction of sp³-hybridized carbons (Fsp3) is 0. The first-order valence-electron chi connectivity index (χ1n) is 20.7. The van der Waals surface area contributed by atoms with Gasteiger partial charge in [-0.25, -0.2) is 9.97 Å². The number of thiophene rings is 1. The average molecular weight is 793 g/mol. The van der Waals surface area contributed by atoms with Gasteiger partial charge in [0.15, 0.2) is 5.82 Å². The lowest BCUT2D eigenvalue weighted by atomic mass is 9.88. The van der Waals surface area contributed by atoms with E-state index in [9.17, 15) is 0 Å². The van der Waals surface area contributed by atoms with Crippen molar-refractivity contribution in [2.75, 3.05) is 0 Å². The predicted molar refractivity (Wildman–Crippen MR) is 260 cm³/mol. The Bertz CT molecular complexity index is 3660. The van der Waals surface area contributed by atoms with Crippen LogP contribution in [0.1, 0.15) is 0 Å². The molecule has 0 aliphatic heterocycles. The minimum Gasteiger partial charge on any atom is -0.228 e. The van der Waals surface area contributed by atoms with E-state index in [0.717, 1.165) is 39.2 Å². The second kappa shape index (κ2) is 14.5. The maximum absolute atomic E-state index is 5.23. The third-order valence-electron chi connectivity index (χ3n) is 12.0. The maximum Gasteiger partial charge on any atom is 0.160 e. The first-order valence-corrected chi connectivity index (χ1v) is 21.5. The summed E-state index contributed by atoms with van der Waals surface area (Å²) in [6.45, 7) is 0. The molecule has 0 saturated heterocycles. The Morgan fingerprint density at radius 2 is 0.852 bits per heavy atom. The summed E-state index contributed by atoms with van der Waals surface area (Å²) >= 11 is 1.85. The highest BCUT2D eigenvalue weighted by molar-refractivity contribution is 7.25. The lowest BCUT2D eigenvalue weighted by molar-refractivity contribution is 1.18. The van der Waals surface area contributed by atoms with Crippen LogP contribution in [0.15, 0.2) is 218 Å². The summed E-state index contributed by atoms with van der Waals surface area (Å²) in [6.07, 6.45) is 0. The number of rotatable bonds is 6. The Balaban J connectivity index is 0.980. The molecule has 12 aromatic rings. The summed E-state index contributed by atoms with van der Waals surface area (Å²) in [5.41, 5.74) is 12.0. The van der Waals surface area contributed by atoms with Crippen molar-refractivity contribution in [3.05, 3.63) is 218 Å². The molecule has 2 aromatic heterocycles. The molecule has 10 aromatic carbocycles. The van der Waals surface area contributed by atoms with Gasteiger partial charge in [0, 0.05) is 36.9 Å². The molecule has 61 heavy (non-hydrogen) atoms. The standard InChI is InChI=1S/C58H36N2S/c1-2-15-38(16-3-1)58-59-52(36-53(60-58)44-22-12-20-41(34-44)48-27-13-29-55-57(48)50-26-8-9-28-54(50)61-55)43-21-10-18-39(32-43)40-19-11-23-45(33-40)56-47-25-7-5-17-42(47)35-51-46-24-6-4-14-37(46)30-31-49(51)56/h1-36H. The predicted octanol–water partition coefficient (Wildman–Crippen LogP) is 16.3. The summed E-state index contributed by atoms with van der Waals surface area (Å²) in [7, 11) is 0. The van der Waals surface area contributed by atoms with Gasteiger partial charge in [0.25, 0.3) is 0 Å². The van der Waals surface area contributed by atoms with Gasteiger partial charge in [-0.05, 0) is 108 Å². The van der Waals surface area contributed by atoms with Crippen LogP contribution in [0.5, 0.6) is 0 Å². The van der Waals surface area contributed by atoms with Crippen LogP contribution in [0.25, 0.3) is 120 Å². The van der Waals surface area contributed by atoms with Crippen LogP contribution in [0.3, 0.4) is 0 Å². The van der Waals surface area contributed by atoms with Gasteiger partial charge in [-0.1, -0.05) is 176 Å². The number of nitrogens with zero attached hydrogens (tertiary/aromatic N) is 2. The Morgan fingerprint density at radius 3 is 1.64 bits per heavy atom. The molecule has 2 nitrogen and oxygen atoms in total. The van der Waals surface area contributed by atoms with E-state index in [1.165, 1.54) is 74.7 Å². The van der Waals surface area contributed by atoms with Crippen LogP contribution in [-0.4, -0.2) is 9.97 Å². The molecular weight excluding hydrogens is 757 g/mol. The lowest BCUT2D eigenvalue weighted by Gasteiger charge is -2.15. The van der Waals surface area contributed by atoms with E-state index in [0.29, 0.717) is 5.82 Å². The molecule has 3 heteroatoms. The fourth-order valence-corrected chi connectivity index (χ4v) is 10.3. The van der Waals surface area contributed by atoms with E-state index >= 15 is 0 Å². The summed E-state index contributed by atoms with van der Waals surface area (Å²) in [4.78, 5) is 10.5. The second-order valence-corrected chi connectivity index (χ2v) is 16.8. The van der Waals surface area contributed by atoms with Crippen molar-refractivity contribution in [1.82, 2.24) is 9.97 Å². The molecular formula is C58H36N2S. The molecule has 284 valence electrons. The molecule has 0 spiro atoms. The minimum atomic E-state index is 0.701. The quantitative estimate of drug-likeness (QED) is 0.124. The van der Waals surface area contributed by atoms with Crippen LogP contribution < -0.4 is 0 Å². The molecule has 0 aliphatic carbocycles. The largest absolute Gasteiger partial charge is 0.228 e. The third-order valence-corrected chi connectivity index (χ3v) is 13.2. The van der Waals surface area contributed by atoms with Gasteiger partial charge in [0.05, 0.1) is 11.4 Å². The van der Waals surface area contributed by atoms with Crippen molar-refractivity contribution in [3.8, 4) is 67.3 Å². The Labute approximate surface area is 357 Å². The normalized spacial score (nSPS) is 11.6. The molecule has 0 N–H and O–H groups in total. The van der Waals surface area contributed by atoms with Crippen LogP contribution in [0.2, 0.25) is 0 Å². The van der Waals surface area contributed by atoms with E-state index < -0.39 is 0 Å². The van der Waals surface area contributed by atoms with Crippen LogP contribution in [-0.2, 0) is 0 Å². The molecule has 0 amide bonds. The van der Waals surface area contributed by atoms with Crippen molar-refractivity contribution in [3.63, 3.8) is 0 Å². The van der Waals surface area contributed by atoms with Gasteiger partial charge < -0.3 is 0 Å².